The quantitative estimate of drug-likeness (QED) is 0.394. The molecule has 3 aliphatic heterocycles. The molecule has 1 unspecified atom stereocenters. The molecule has 0 aliphatic carbocycles. The van der Waals surface area contributed by atoms with Crippen LogP contribution in [0.25, 0.3) is 0 Å². The first kappa shape index (κ1) is 24.2. The Bertz CT molecular complexity index is 1140. The van der Waals surface area contributed by atoms with E-state index in [1.54, 1.807) is 48.5 Å². The van der Waals surface area contributed by atoms with Gasteiger partial charge in [-0.25, -0.2) is 0 Å². The molecule has 3 heterocycles. The van der Waals surface area contributed by atoms with Crippen molar-refractivity contribution in [3.05, 3.63) is 108 Å². The maximum Gasteiger partial charge on any atom is 0.304 e. The lowest BCUT2D eigenvalue weighted by Gasteiger charge is -2.52. The Kier molecular flexibility index (Phi) is 6.90. The lowest BCUT2D eigenvalue weighted by Crippen LogP contribution is -2.67. The standard InChI is InChI=1S/C30H32N2O4/c33-28(31-20-23-10-4-1-5-11-23)22-32-18-16-24(17-19-32)27(21-32)36-29(34)30(35,25-12-6-2-7-13-25)26-14-8-3-9-15-26/h1-15,24,27H,16-22H2,(H,31,33). The van der Waals surface area contributed by atoms with Crippen LogP contribution in [0.5, 0.6) is 0 Å². The minimum absolute atomic E-state index is 0.00368. The van der Waals surface area contributed by atoms with Gasteiger partial charge in [-0.05, 0) is 16.7 Å². The first-order valence-corrected chi connectivity index (χ1v) is 12.7. The third-order valence-corrected chi connectivity index (χ3v) is 7.76. The molecule has 0 saturated carbocycles. The zero-order chi connectivity index (χ0) is 25.0. The molecule has 186 valence electrons. The predicted octanol–water partition coefficient (Wildman–Crippen LogP) is 2.76. The number of nitrogens with one attached hydrogen (secondary N) is 1. The highest BCUT2D eigenvalue weighted by molar-refractivity contribution is 5.85. The fourth-order valence-corrected chi connectivity index (χ4v) is 5.70. The fraction of sp³-hybridized carbons (Fsp3) is 0.333. The maximum atomic E-state index is 14.2. The van der Waals surface area contributed by atoms with Gasteiger partial charge in [0.15, 0.2) is 12.6 Å². The Balaban J connectivity index is 1.30. The van der Waals surface area contributed by atoms with E-state index in [9.17, 15) is 14.7 Å². The van der Waals surface area contributed by atoms with Crippen molar-refractivity contribution in [2.45, 2.75) is 31.1 Å². The number of esters is 1. The second-order valence-corrected chi connectivity index (χ2v) is 10.1. The van der Waals surface area contributed by atoms with Crippen LogP contribution in [0.3, 0.4) is 0 Å². The molecule has 6 heteroatoms. The van der Waals surface area contributed by atoms with Gasteiger partial charge in [0.05, 0.1) is 13.1 Å². The van der Waals surface area contributed by atoms with Crippen LogP contribution in [0.15, 0.2) is 91.0 Å². The summed E-state index contributed by atoms with van der Waals surface area (Å²) in [6, 6.07) is 27.3. The van der Waals surface area contributed by atoms with Crippen LogP contribution in [0.1, 0.15) is 29.5 Å². The molecule has 3 aliphatic rings. The Morgan fingerprint density at radius 1 is 0.861 bits per heavy atom. The summed E-state index contributed by atoms with van der Waals surface area (Å²) >= 11 is 0. The summed E-state index contributed by atoms with van der Waals surface area (Å²) in [4.78, 5) is 26.4. The number of quaternary nitrogens is 1. The molecule has 0 radical (unpaired) electrons. The number of hydrogen-bond acceptors (Lipinski definition) is 4. The summed E-state index contributed by atoms with van der Waals surface area (Å²) in [6.07, 6.45) is 1.39. The third kappa shape index (κ3) is 4.92. The van der Waals surface area contributed by atoms with Crippen molar-refractivity contribution < 1.29 is 23.9 Å². The number of piperidine rings is 3. The second-order valence-electron chi connectivity index (χ2n) is 10.1. The van der Waals surface area contributed by atoms with Crippen molar-refractivity contribution in [2.24, 2.45) is 5.92 Å². The van der Waals surface area contributed by atoms with E-state index in [0.29, 0.717) is 35.2 Å². The molecule has 0 spiro atoms. The Morgan fingerprint density at radius 2 is 1.39 bits per heavy atom. The van der Waals surface area contributed by atoms with E-state index < -0.39 is 11.6 Å². The van der Waals surface area contributed by atoms with Gasteiger partial charge in [-0.2, -0.15) is 0 Å². The number of hydrogen-bond donors (Lipinski definition) is 1. The summed E-state index contributed by atoms with van der Waals surface area (Å²) < 4.78 is 6.63. The SMILES string of the molecule is O=C(C[N+]12CCC(CC1)C(OC(=O)C([O-])(c1ccccc1)c1ccccc1)C2)NCc1ccccc1. The molecule has 0 aromatic heterocycles. The largest absolute Gasteiger partial charge is 0.834 e. The number of rotatable bonds is 8. The number of carbonyl (C=O) groups is 2. The number of fused-ring (bicyclic) bond motifs is 3. The van der Waals surface area contributed by atoms with Gasteiger partial charge >= 0.3 is 5.97 Å². The normalized spacial score (nSPS) is 23.1. The van der Waals surface area contributed by atoms with Crippen LogP contribution in [-0.4, -0.2) is 48.6 Å². The van der Waals surface area contributed by atoms with Gasteiger partial charge in [0.25, 0.3) is 5.91 Å². The van der Waals surface area contributed by atoms with Gasteiger partial charge in [-0.3, -0.25) is 9.59 Å². The zero-order valence-electron chi connectivity index (χ0n) is 20.3. The van der Waals surface area contributed by atoms with Gasteiger partial charge in [0.2, 0.25) is 0 Å². The number of amides is 1. The number of ether oxygens (including phenoxy) is 1. The van der Waals surface area contributed by atoms with Gasteiger partial charge < -0.3 is 19.6 Å². The van der Waals surface area contributed by atoms with Crippen LogP contribution in [-0.2, 0) is 26.5 Å². The molecule has 1 N–H and O–H groups in total. The molecular weight excluding hydrogens is 452 g/mol. The molecule has 6 rings (SSSR count). The Labute approximate surface area is 212 Å². The van der Waals surface area contributed by atoms with Crippen LogP contribution in [0.2, 0.25) is 0 Å². The molecule has 3 saturated heterocycles. The van der Waals surface area contributed by atoms with E-state index in [-0.39, 0.29) is 17.9 Å². The molecule has 3 aromatic carbocycles. The molecule has 3 fully saturated rings. The summed E-state index contributed by atoms with van der Waals surface area (Å²) in [5, 5.41) is 17.3. The van der Waals surface area contributed by atoms with Gasteiger partial charge in [-0.1, -0.05) is 91.0 Å². The topological polar surface area (TPSA) is 78.5 Å². The van der Waals surface area contributed by atoms with Crippen LogP contribution >= 0.6 is 0 Å². The summed E-state index contributed by atoms with van der Waals surface area (Å²) in [7, 11) is 0. The van der Waals surface area contributed by atoms with Crippen molar-refractivity contribution in [1.82, 2.24) is 5.32 Å². The summed E-state index contributed by atoms with van der Waals surface area (Å²) in [6.45, 7) is 3.19. The van der Waals surface area contributed by atoms with Crippen LogP contribution in [0.4, 0.5) is 0 Å². The van der Waals surface area contributed by atoms with E-state index in [2.05, 4.69) is 5.32 Å². The molecule has 3 aromatic rings. The molecule has 1 atom stereocenters. The predicted molar refractivity (Wildman–Crippen MR) is 134 cm³/mol. The first-order valence-electron chi connectivity index (χ1n) is 12.7. The van der Waals surface area contributed by atoms with Crippen molar-refractivity contribution in [3.8, 4) is 0 Å². The zero-order valence-corrected chi connectivity index (χ0v) is 20.3. The second kappa shape index (κ2) is 10.2. The smallest absolute Gasteiger partial charge is 0.304 e. The highest BCUT2D eigenvalue weighted by Gasteiger charge is 2.49. The first-order chi connectivity index (χ1) is 17.5. The van der Waals surface area contributed by atoms with E-state index in [1.807, 2.05) is 42.5 Å². The van der Waals surface area contributed by atoms with E-state index >= 15 is 0 Å². The third-order valence-electron chi connectivity index (χ3n) is 7.76. The Morgan fingerprint density at radius 3 is 1.94 bits per heavy atom. The minimum Gasteiger partial charge on any atom is -0.834 e. The number of benzene rings is 3. The number of nitrogens with zero attached hydrogens (tertiary/aromatic N) is 1. The monoisotopic (exact) mass is 484 g/mol. The van der Waals surface area contributed by atoms with Gasteiger partial charge in [-0.15, -0.1) is 0 Å². The number of carbonyl (C=O) groups excluding carboxylic acids is 2. The van der Waals surface area contributed by atoms with Crippen LogP contribution < -0.4 is 10.4 Å². The summed E-state index contributed by atoms with van der Waals surface area (Å²) in [5.74, 6) is -0.557. The molecule has 36 heavy (non-hydrogen) atoms. The van der Waals surface area contributed by atoms with Crippen molar-refractivity contribution >= 4 is 11.9 Å². The Hall–Kier alpha value is -3.48. The fourth-order valence-electron chi connectivity index (χ4n) is 5.70. The van der Waals surface area contributed by atoms with E-state index in [0.717, 1.165) is 31.5 Å². The highest BCUT2D eigenvalue weighted by atomic mass is 16.6. The lowest BCUT2D eigenvalue weighted by molar-refractivity contribution is -0.939. The van der Waals surface area contributed by atoms with Gasteiger partial charge in [0, 0.05) is 30.9 Å². The van der Waals surface area contributed by atoms with Gasteiger partial charge in [0.1, 0.15) is 6.54 Å². The molecule has 6 nitrogen and oxygen atoms in total. The van der Waals surface area contributed by atoms with Crippen LogP contribution in [0, 0.1) is 5.92 Å². The highest BCUT2D eigenvalue weighted by Crippen LogP contribution is 2.37. The van der Waals surface area contributed by atoms with E-state index in [4.69, 9.17) is 4.74 Å². The average Bonchev–Trinajstić information content (AvgIpc) is 2.93. The average molecular weight is 485 g/mol. The van der Waals surface area contributed by atoms with Crippen molar-refractivity contribution in [1.29, 1.82) is 0 Å². The minimum atomic E-state index is -2.15. The maximum absolute atomic E-state index is 14.2. The van der Waals surface area contributed by atoms with Crippen molar-refractivity contribution in [3.63, 3.8) is 0 Å². The van der Waals surface area contributed by atoms with E-state index in [1.165, 1.54) is 0 Å². The molecule has 2 bridgehead atoms. The molecule has 1 amide bonds. The molecular formula is C30H32N2O4. The summed E-state index contributed by atoms with van der Waals surface area (Å²) in [5.41, 5.74) is -0.353. The van der Waals surface area contributed by atoms with Crippen molar-refractivity contribution in [2.75, 3.05) is 26.2 Å². The lowest BCUT2D eigenvalue weighted by atomic mass is 9.82.